The molecule has 2 heteroatoms. The van der Waals surface area contributed by atoms with E-state index in [0.29, 0.717) is 0 Å². The molecule has 0 fully saturated rings. The minimum absolute atomic E-state index is 0.900. The van der Waals surface area contributed by atoms with Gasteiger partial charge >= 0.3 is 0 Å². The first-order chi connectivity index (χ1) is 18.9. The van der Waals surface area contributed by atoms with Crippen LogP contribution in [0.15, 0.2) is 138 Å². The van der Waals surface area contributed by atoms with Crippen molar-refractivity contribution in [3.05, 3.63) is 133 Å². The highest BCUT2D eigenvalue weighted by Crippen LogP contribution is 2.45. The standard InChI is InChI=1S/C36H23NO/c1-2-11-23(12-3-1)24-13-4-5-14-25(24)27-21-22-30(36-34(27)31-16-7-9-20-33(31)38-36)29-18-10-17-28-26-15-6-8-19-32(26)37-35(28)29/h1-22,37H. The number of hydrogen-bond acceptors (Lipinski definition) is 1. The highest BCUT2D eigenvalue weighted by molar-refractivity contribution is 6.20. The second-order valence-corrected chi connectivity index (χ2v) is 9.77. The summed E-state index contributed by atoms with van der Waals surface area (Å²) in [5.74, 6) is 0. The molecule has 0 aliphatic carbocycles. The summed E-state index contributed by atoms with van der Waals surface area (Å²) in [5.41, 5.74) is 11.1. The van der Waals surface area contributed by atoms with E-state index in [2.05, 4.69) is 132 Å². The largest absolute Gasteiger partial charge is 0.455 e. The summed E-state index contributed by atoms with van der Waals surface area (Å²) in [6, 6.07) is 47.1. The number of hydrogen-bond donors (Lipinski definition) is 1. The quantitative estimate of drug-likeness (QED) is 0.265. The number of aromatic amines is 1. The van der Waals surface area contributed by atoms with E-state index in [1.54, 1.807) is 0 Å². The third-order valence-corrected chi connectivity index (χ3v) is 7.66. The highest BCUT2D eigenvalue weighted by atomic mass is 16.3. The second-order valence-electron chi connectivity index (χ2n) is 9.77. The van der Waals surface area contributed by atoms with E-state index in [1.165, 1.54) is 33.0 Å². The molecule has 0 aliphatic heterocycles. The molecule has 38 heavy (non-hydrogen) atoms. The molecular weight excluding hydrogens is 462 g/mol. The van der Waals surface area contributed by atoms with Crippen molar-refractivity contribution in [3.8, 4) is 33.4 Å². The van der Waals surface area contributed by atoms with Gasteiger partial charge in [-0.15, -0.1) is 0 Å². The molecule has 2 nitrogen and oxygen atoms in total. The van der Waals surface area contributed by atoms with Crippen molar-refractivity contribution in [3.63, 3.8) is 0 Å². The Labute approximate surface area is 219 Å². The number of H-pyrrole nitrogens is 1. The molecule has 0 unspecified atom stereocenters. The summed E-state index contributed by atoms with van der Waals surface area (Å²) < 4.78 is 6.65. The zero-order chi connectivity index (χ0) is 25.1. The molecule has 0 atom stereocenters. The molecule has 0 saturated carbocycles. The van der Waals surface area contributed by atoms with E-state index in [0.717, 1.165) is 44.1 Å². The smallest absolute Gasteiger partial charge is 0.143 e. The number of fused-ring (bicyclic) bond motifs is 6. The van der Waals surface area contributed by atoms with Gasteiger partial charge in [0.2, 0.25) is 0 Å². The summed E-state index contributed by atoms with van der Waals surface area (Å²) in [6.07, 6.45) is 0. The van der Waals surface area contributed by atoms with Crippen molar-refractivity contribution in [2.75, 3.05) is 0 Å². The third kappa shape index (κ3) is 3.07. The molecule has 8 aromatic rings. The van der Waals surface area contributed by atoms with E-state index in [9.17, 15) is 0 Å². The van der Waals surface area contributed by atoms with Gasteiger partial charge in [-0.2, -0.15) is 0 Å². The summed E-state index contributed by atoms with van der Waals surface area (Å²) in [4.78, 5) is 3.68. The molecule has 8 rings (SSSR count). The lowest BCUT2D eigenvalue weighted by molar-refractivity contribution is 0.670. The average molecular weight is 486 g/mol. The average Bonchev–Trinajstić information content (AvgIpc) is 3.56. The molecule has 0 saturated heterocycles. The number of benzene rings is 6. The molecule has 0 bridgehead atoms. The Hall–Kier alpha value is -5.08. The molecule has 178 valence electrons. The van der Waals surface area contributed by atoms with Gasteiger partial charge in [-0.1, -0.05) is 115 Å². The predicted molar refractivity (Wildman–Crippen MR) is 159 cm³/mol. The fourth-order valence-electron chi connectivity index (χ4n) is 5.95. The fraction of sp³-hybridized carbons (Fsp3) is 0. The lowest BCUT2D eigenvalue weighted by atomic mass is 9.90. The lowest BCUT2D eigenvalue weighted by Gasteiger charge is -2.13. The van der Waals surface area contributed by atoms with Crippen LogP contribution in [0.1, 0.15) is 0 Å². The number of aromatic nitrogens is 1. The minimum atomic E-state index is 0.900. The van der Waals surface area contributed by atoms with Crippen LogP contribution in [0, 0.1) is 0 Å². The van der Waals surface area contributed by atoms with Gasteiger partial charge in [0, 0.05) is 38.2 Å². The van der Waals surface area contributed by atoms with Gasteiger partial charge in [-0.25, -0.2) is 0 Å². The van der Waals surface area contributed by atoms with Crippen LogP contribution in [-0.2, 0) is 0 Å². The Morgan fingerprint density at radius 2 is 1.08 bits per heavy atom. The number of rotatable bonds is 3. The Balaban J connectivity index is 1.46. The predicted octanol–water partition coefficient (Wildman–Crippen LogP) is 10.2. The van der Waals surface area contributed by atoms with Crippen molar-refractivity contribution >= 4 is 43.7 Å². The van der Waals surface area contributed by atoms with Gasteiger partial charge in [0.05, 0.1) is 5.52 Å². The highest BCUT2D eigenvalue weighted by Gasteiger charge is 2.20. The molecule has 2 aromatic heterocycles. The summed E-state index contributed by atoms with van der Waals surface area (Å²) in [6.45, 7) is 0. The van der Waals surface area contributed by atoms with Crippen molar-refractivity contribution in [2.45, 2.75) is 0 Å². The van der Waals surface area contributed by atoms with E-state index in [1.807, 2.05) is 6.07 Å². The van der Waals surface area contributed by atoms with Gasteiger partial charge in [-0.05, 0) is 40.5 Å². The van der Waals surface area contributed by atoms with Gasteiger partial charge in [-0.3, -0.25) is 0 Å². The fourth-order valence-corrected chi connectivity index (χ4v) is 5.95. The van der Waals surface area contributed by atoms with Crippen LogP contribution in [0.25, 0.3) is 77.1 Å². The summed E-state index contributed by atoms with van der Waals surface area (Å²) in [5, 5.41) is 4.74. The molecule has 6 aromatic carbocycles. The van der Waals surface area contributed by atoms with Crippen LogP contribution in [0.2, 0.25) is 0 Å². The van der Waals surface area contributed by atoms with Crippen molar-refractivity contribution in [2.24, 2.45) is 0 Å². The Morgan fingerprint density at radius 1 is 0.421 bits per heavy atom. The van der Waals surface area contributed by atoms with E-state index in [4.69, 9.17) is 4.42 Å². The van der Waals surface area contributed by atoms with E-state index in [-0.39, 0.29) is 0 Å². The van der Waals surface area contributed by atoms with Crippen LogP contribution >= 0.6 is 0 Å². The molecule has 0 radical (unpaired) electrons. The summed E-state index contributed by atoms with van der Waals surface area (Å²) >= 11 is 0. The molecule has 2 heterocycles. The monoisotopic (exact) mass is 485 g/mol. The molecular formula is C36H23NO. The maximum Gasteiger partial charge on any atom is 0.143 e. The maximum absolute atomic E-state index is 6.65. The second kappa shape index (κ2) is 8.22. The van der Waals surface area contributed by atoms with Crippen LogP contribution in [0.4, 0.5) is 0 Å². The Kier molecular flexibility index (Phi) is 4.55. The zero-order valence-corrected chi connectivity index (χ0v) is 20.6. The van der Waals surface area contributed by atoms with Crippen molar-refractivity contribution in [1.29, 1.82) is 0 Å². The first-order valence-corrected chi connectivity index (χ1v) is 13.0. The zero-order valence-electron chi connectivity index (χ0n) is 20.6. The maximum atomic E-state index is 6.65. The molecule has 0 aliphatic rings. The van der Waals surface area contributed by atoms with Crippen molar-refractivity contribution in [1.82, 2.24) is 4.98 Å². The normalized spacial score (nSPS) is 11.7. The topological polar surface area (TPSA) is 28.9 Å². The first kappa shape index (κ1) is 21.0. The first-order valence-electron chi connectivity index (χ1n) is 13.0. The van der Waals surface area contributed by atoms with Crippen LogP contribution in [0.3, 0.4) is 0 Å². The minimum Gasteiger partial charge on any atom is -0.455 e. The van der Waals surface area contributed by atoms with Crippen LogP contribution in [0.5, 0.6) is 0 Å². The number of furan rings is 1. The van der Waals surface area contributed by atoms with Crippen molar-refractivity contribution < 1.29 is 4.42 Å². The molecule has 1 N–H and O–H groups in total. The lowest BCUT2D eigenvalue weighted by Crippen LogP contribution is -1.88. The summed E-state index contributed by atoms with van der Waals surface area (Å²) in [7, 11) is 0. The molecule has 0 amide bonds. The van der Waals surface area contributed by atoms with Crippen LogP contribution in [-0.4, -0.2) is 4.98 Å². The Bertz CT molecular complexity index is 2130. The number of para-hydroxylation sites is 3. The van der Waals surface area contributed by atoms with Gasteiger partial charge in [0.15, 0.2) is 0 Å². The Morgan fingerprint density at radius 3 is 1.97 bits per heavy atom. The van der Waals surface area contributed by atoms with Gasteiger partial charge in [0.25, 0.3) is 0 Å². The number of nitrogens with one attached hydrogen (secondary N) is 1. The van der Waals surface area contributed by atoms with Gasteiger partial charge < -0.3 is 9.40 Å². The SMILES string of the molecule is c1ccc(-c2ccccc2-c2ccc(-c3cccc4c3[nH]c3ccccc34)c3oc4ccccc4c23)cc1. The van der Waals surface area contributed by atoms with Gasteiger partial charge in [0.1, 0.15) is 11.2 Å². The van der Waals surface area contributed by atoms with Crippen LogP contribution < -0.4 is 0 Å². The van der Waals surface area contributed by atoms with E-state index >= 15 is 0 Å². The van der Waals surface area contributed by atoms with E-state index < -0.39 is 0 Å². The molecule has 0 spiro atoms. The third-order valence-electron chi connectivity index (χ3n) is 7.66.